The fourth-order valence-corrected chi connectivity index (χ4v) is 5.17. The highest BCUT2D eigenvalue weighted by Crippen LogP contribution is 2.42. The van der Waals surface area contributed by atoms with E-state index in [1.54, 1.807) is 55.5 Å². The van der Waals surface area contributed by atoms with Gasteiger partial charge in [0, 0.05) is 16.8 Å². The Labute approximate surface area is 180 Å². The Bertz CT molecular complexity index is 1270. The van der Waals surface area contributed by atoms with Crippen molar-refractivity contribution in [2.24, 2.45) is 0 Å². The molecule has 0 radical (unpaired) electrons. The number of fused-ring (bicyclic) bond motifs is 3. The maximum atomic E-state index is 13.3. The van der Waals surface area contributed by atoms with E-state index in [2.05, 4.69) is 5.32 Å². The zero-order valence-corrected chi connectivity index (χ0v) is 17.6. The van der Waals surface area contributed by atoms with Crippen molar-refractivity contribution in [1.29, 1.82) is 0 Å². The Morgan fingerprint density at radius 3 is 2.42 bits per heavy atom. The van der Waals surface area contributed by atoms with Gasteiger partial charge in [-0.05, 0) is 37.3 Å². The van der Waals surface area contributed by atoms with Gasteiger partial charge >= 0.3 is 5.97 Å². The molecule has 1 amide bonds. The minimum Gasteiger partial charge on any atom is -0.462 e. The largest absolute Gasteiger partial charge is 0.462 e. The lowest BCUT2D eigenvalue weighted by molar-refractivity contribution is -0.114. The van der Waals surface area contributed by atoms with Gasteiger partial charge in [-0.3, -0.25) is 9.10 Å². The number of sulfonamides is 1. The fourth-order valence-electron chi connectivity index (χ4n) is 3.52. The molecule has 1 aliphatic rings. The third kappa shape index (κ3) is 3.89. The lowest BCUT2D eigenvalue weighted by Gasteiger charge is -2.31. The predicted molar refractivity (Wildman–Crippen MR) is 117 cm³/mol. The standard InChI is InChI=1S/C23H20N2O5S/c1-2-30-23(27)16-8-7-9-17(14-16)24-22(26)15-25-20-12-5-3-10-18(20)19-11-4-6-13-21(19)31(25,28)29/h3-14H,2,15H2,1H3,(H,24,26). The number of carbonyl (C=O) groups is 2. The van der Waals surface area contributed by atoms with Crippen molar-refractivity contribution < 1.29 is 22.7 Å². The minimum atomic E-state index is -3.91. The first-order valence-electron chi connectivity index (χ1n) is 9.70. The molecular formula is C23H20N2O5S. The number of rotatable bonds is 5. The second-order valence-corrected chi connectivity index (χ2v) is 8.71. The SMILES string of the molecule is CCOC(=O)c1cccc(NC(=O)CN2c3ccccc3-c3ccccc3S2(=O)=O)c1. The van der Waals surface area contributed by atoms with E-state index in [0.29, 0.717) is 22.5 Å². The monoisotopic (exact) mass is 436 g/mol. The van der Waals surface area contributed by atoms with Crippen molar-refractivity contribution in [2.45, 2.75) is 11.8 Å². The van der Waals surface area contributed by atoms with Crippen LogP contribution in [0, 0.1) is 0 Å². The molecule has 0 saturated heterocycles. The third-order valence-electron chi connectivity index (χ3n) is 4.86. The number of carbonyl (C=O) groups excluding carboxylic acids is 2. The van der Waals surface area contributed by atoms with Gasteiger partial charge in [-0.25, -0.2) is 13.2 Å². The summed E-state index contributed by atoms with van der Waals surface area (Å²) in [4.78, 5) is 24.8. The van der Waals surface area contributed by atoms with Crippen LogP contribution in [0.25, 0.3) is 11.1 Å². The second kappa shape index (κ2) is 8.23. The number of hydrogen-bond acceptors (Lipinski definition) is 5. The van der Waals surface area contributed by atoms with Crippen LogP contribution < -0.4 is 9.62 Å². The smallest absolute Gasteiger partial charge is 0.338 e. The summed E-state index contributed by atoms with van der Waals surface area (Å²) in [5, 5.41) is 2.67. The van der Waals surface area contributed by atoms with Crippen LogP contribution in [0.5, 0.6) is 0 Å². The van der Waals surface area contributed by atoms with Gasteiger partial charge in [0.15, 0.2) is 0 Å². The maximum absolute atomic E-state index is 13.3. The van der Waals surface area contributed by atoms with E-state index in [1.807, 2.05) is 12.1 Å². The molecule has 3 aromatic carbocycles. The van der Waals surface area contributed by atoms with E-state index in [4.69, 9.17) is 4.74 Å². The summed E-state index contributed by atoms with van der Waals surface area (Å²) < 4.78 is 32.6. The van der Waals surface area contributed by atoms with E-state index < -0.39 is 28.4 Å². The summed E-state index contributed by atoms with van der Waals surface area (Å²) in [6.45, 7) is 1.54. The Morgan fingerprint density at radius 2 is 1.65 bits per heavy atom. The normalized spacial score (nSPS) is 13.6. The van der Waals surface area contributed by atoms with Crippen LogP contribution in [-0.2, 0) is 19.6 Å². The predicted octanol–water partition coefficient (Wildman–Crippen LogP) is 3.68. The molecule has 7 nitrogen and oxygen atoms in total. The van der Waals surface area contributed by atoms with E-state index in [9.17, 15) is 18.0 Å². The number of esters is 1. The quantitative estimate of drug-likeness (QED) is 0.616. The average Bonchev–Trinajstić information content (AvgIpc) is 2.77. The van der Waals surface area contributed by atoms with Crippen LogP contribution in [0.4, 0.5) is 11.4 Å². The van der Waals surface area contributed by atoms with Crippen molar-refractivity contribution in [2.75, 3.05) is 22.8 Å². The molecule has 1 aliphatic heterocycles. The molecule has 1 N–H and O–H groups in total. The zero-order valence-electron chi connectivity index (χ0n) is 16.7. The Hall–Kier alpha value is -3.65. The van der Waals surface area contributed by atoms with E-state index >= 15 is 0 Å². The van der Waals surface area contributed by atoms with Crippen LogP contribution in [0.1, 0.15) is 17.3 Å². The molecule has 0 fully saturated rings. The molecule has 4 rings (SSSR count). The topological polar surface area (TPSA) is 92.8 Å². The zero-order chi connectivity index (χ0) is 22.0. The van der Waals surface area contributed by atoms with Crippen molar-refractivity contribution in [3.05, 3.63) is 78.4 Å². The van der Waals surface area contributed by atoms with E-state index in [-0.39, 0.29) is 11.5 Å². The third-order valence-corrected chi connectivity index (χ3v) is 6.68. The molecule has 0 aromatic heterocycles. The lowest BCUT2D eigenvalue weighted by atomic mass is 10.0. The second-order valence-electron chi connectivity index (χ2n) is 6.87. The van der Waals surface area contributed by atoms with E-state index in [1.165, 1.54) is 12.1 Å². The van der Waals surface area contributed by atoms with Gasteiger partial charge in [-0.1, -0.05) is 42.5 Å². The maximum Gasteiger partial charge on any atom is 0.338 e. The molecule has 0 bridgehead atoms. The van der Waals surface area contributed by atoms with E-state index in [0.717, 1.165) is 9.87 Å². The number of amides is 1. The minimum absolute atomic E-state index is 0.158. The van der Waals surface area contributed by atoms with Gasteiger partial charge in [0.25, 0.3) is 10.0 Å². The molecule has 1 heterocycles. The molecule has 31 heavy (non-hydrogen) atoms. The summed E-state index contributed by atoms with van der Waals surface area (Å²) in [7, 11) is -3.91. The molecule has 0 atom stereocenters. The van der Waals surface area contributed by atoms with Crippen molar-refractivity contribution in [3.8, 4) is 11.1 Å². The van der Waals surface area contributed by atoms with Gasteiger partial charge in [0.05, 0.1) is 22.8 Å². The van der Waals surface area contributed by atoms with Crippen LogP contribution in [-0.4, -0.2) is 33.4 Å². The van der Waals surface area contributed by atoms with Crippen LogP contribution in [0.2, 0.25) is 0 Å². The molecule has 8 heteroatoms. The molecule has 0 aliphatic carbocycles. The molecular weight excluding hydrogens is 416 g/mol. The van der Waals surface area contributed by atoms with Gasteiger partial charge in [0.1, 0.15) is 6.54 Å². The van der Waals surface area contributed by atoms with Gasteiger partial charge in [-0.2, -0.15) is 0 Å². The first-order valence-corrected chi connectivity index (χ1v) is 11.1. The van der Waals surface area contributed by atoms with Gasteiger partial charge < -0.3 is 10.1 Å². The van der Waals surface area contributed by atoms with Crippen molar-refractivity contribution in [1.82, 2.24) is 0 Å². The van der Waals surface area contributed by atoms with Gasteiger partial charge in [0.2, 0.25) is 5.91 Å². The molecule has 158 valence electrons. The highest BCUT2D eigenvalue weighted by atomic mass is 32.2. The summed E-state index contributed by atoms with van der Waals surface area (Å²) in [5.74, 6) is -1.03. The number of ether oxygens (including phenoxy) is 1. The van der Waals surface area contributed by atoms with Gasteiger partial charge in [-0.15, -0.1) is 0 Å². The molecule has 0 unspecified atom stereocenters. The summed E-state index contributed by atoms with van der Waals surface area (Å²) in [6, 6.07) is 20.1. The van der Waals surface area contributed by atoms with Crippen molar-refractivity contribution in [3.63, 3.8) is 0 Å². The number of para-hydroxylation sites is 1. The van der Waals surface area contributed by atoms with Crippen LogP contribution >= 0.6 is 0 Å². The average molecular weight is 436 g/mol. The molecule has 0 saturated carbocycles. The first-order chi connectivity index (χ1) is 14.9. The number of anilines is 2. The highest BCUT2D eigenvalue weighted by molar-refractivity contribution is 7.93. The Kier molecular flexibility index (Phi) is 5.48. The number of nitrogens with one attached hydrogen (secondary N) is 1. The fraction of sp³-hybridized carbons (Fsp3) is 0.130. The molecule has 0 spiro atoms. The summed E-state index contributed by atoms with van der Waals surface area (Å²) in [5.41, 5.74) is 2.46. The van der Waals surface area contributed by atoms with Crippen LogP contribution in [0.3, 0.4) is 0 Å². The Morgan fingerprint density at radius 1 is 0.935 bits per heavy atom. The number of nitrogens with zero attached hydrogens (tertiary/aromatic N) is 1. The first kappa shape index (κ1) is 20.6. The van der Waals surface area contributed by atoms with Crippen molar-refractivity contribution >= 4 is 33.3 Å². The summed E-state index contributed by atoms with van der Waals surface area (Å²) >= 11 is 0. The number of hydrogen-bond donors (Lipinski definition) is 1. The summed E-state index contributed by atoms with van der Waals surface area (Å²) in [6.07, 6.45) is 0. The number of benzene rings is 3. The Balaban J connectivity index is 1.62. The lowest BCUT2D eigenvalue weighted by Crippen LogP contribution is -2.40. The highest BCUT2D eigenvalue weighted by Gasteiger charge is 2.35. The molecule has 3 aromatic rings. The van der Waals surface area contributed by atoms with Crippen LogP contribution in [0.15, 0.2) is 77.7 Å².